The van der Waals surface area contributed by atoms with Crippen molar-refractivity contribution in [2.75, 3.05) is 4.90 Å². The maximum Gasteiger partial charge on any atom is 0.137 e. The van der Waals surface area contributed by atoms with Crippen molar-refractivity contribution >= 4 is 39.0 Å². The van der Waals surface area contributed by atoms with Crippen molar-refractivity contribution in [2.45, 2.75) is 12.3 Å². The van der Waals surface area contributed by atoms with Gasteiger partial charge in [0.25, 0.3) is 0 Å². The Morgan fingerprint density at radius 3 is 1.52 bits per heavy atom. The van der Waals surface area contributed by atoms with Crippen LogP contribution in [0.4, 0.5) is 17.1 Å². The maximum atomic E-state index is 6.61. The van der Waals surface area contributed by atoms with E-state index in [-0.39, 0.29) is 5.41 Å². The first-order valence-electron chi connectivity index (χ1n) is 13.8. The SMILES string of the molecule is CC1(c2cccc3oc4cccc(N(c5ccccc5)c5ccccc5)c4c23)c2ccccc2-c2ccccc21. The van der Waals surface area contributed by atoms with Crippen molar-refractivity contribution in [1.82, 2.24) is 0 Å². The van der Waals surface area contributed by atoms with Crippen LogP contribution in [0, 0.1) is 0 Å². The van der Waals surface area contributed by atoms with E-state index in [2.05, 4.69) is 157 Å². The van der Waals surface area contributed by atoms with Crippen LogP contribution >= 0.6 is 0 Å². The van der Waals surface area contributed by atoms with Gasteiger partial charge in [-0.05, 0) is 77.2 Å². The highest BCUT2D eigenvalue weighted by Gasteiger charge is 2.42. The van der Waals surface area contributed by atoms with E-state index in [0.717, 1.165) is 33.6 Å². The van der Waals surface area contributed by atoms with E-state index in [1.165, 1.54) is 33.2 Å². The molecule has 0 saturated heterocycles. The van der Waals surface area contributed by atoms with Crippen LogP contribution in [-0.2, 0) is 5.41 Å². The number of rotatable bonds is 4. The molecule has 7 aromatic rings. The zero-order chi connectivity index (χ0) is 26.7. The third-order valence-electron chi connectivity index (χ3n) is 8.53. The Labute approximate surface area is 233 Å². The molecule has 1 heterocycles. The van der Waals surface area contributed by atoms with Crippen LogP contribution in [0.15, 0.2) is 150 Å². The monoisotopic (exact) mass is 513 g/mol. The molecule has 1 aromatic heterocycles. The number of para-hydroxylation sites is 2. The lowest BCUT2D eigenvalue weighted by Gasteiger charge is -2.30. The Hall–Kier alpha value is -5.08. The van der Waals surface area contributed by atoms with Gasteiger partial charge in [-0.15, -0.1) is 0 Å². The first-order chi connectivity index (χ1) is 19.7. The van der Waals surface area contributed by atoms with Gasteiger partial charge >= 0.3 is 0 Å². The van der Waals surface area contributed by atoms with Crippen LogP contribution in [0.2, 0.25) is 0 Å². The standard InChI is InChI=1S/C38H27NO/c1-38(30-20-10-8-18-28(30)29-19-9-11-21-31(29)38)32-22-12-24-34-36(32)37-33(23-13-25-35(37)40-34)39(26-14-4-2-5-15-26)27-16-6-3-7-17-27/h2-25H,1H3. The van der Waals surface area contributed by atoms with Gasteiger partial charge in [-0.3, -0.25) is 0 Å². The Morgan fingerprint density at radius 1 is 0.450 bits per heavy atom. The fourth-order valence-corrected chi connectivity index (χ4v) is 6.78. The smallest absolute Gasteiger partial charge is 0.137 e. The predicted molar refractivity (Wildman–Crippen MR) is 166 cm³/mol. The second kappa shape index (κ2) is 8.72. The third-order valence-corrected chi connectivity index (χ3v) is 8.53. The van der Waals surface area contributed by atoms with Gasteiger partial charge in [0.05, 0.1) is 11.1 Å². The first kappa shape index (κ1) is 22.9. The van der Waals surface area contributed by atoms with Crippen molar-refractivity contribution in [1.29, 1.82) is 0 Å². The van der Waals surface area contributed by atoms with Gasteiger partial charge in [-0.2, -0.15) is 0 Å². The average Bonchev–Trinajstić information content (AvgIpc) is 3.53. The minimum Gasteiger partial charge on any atom is -0.456 e. The molecule has 2 heteroatoms. The number of hydrogen-bond donors (Lipinski definition) is 0. The highest BCUT2D eigenvalue weighted by molar-refractivity contribution is 6.15. The van der Waals surface area contributed by atoms with Crippen LogP contribution < -0.4 is 4.90 Å². The molecule has 1 aliphatic carbocycles. The summed E-state index contributed by atoms with van der Waals surface area (Å²) in [6.07, 6.45) is 0. The molecule has 1 aliphatic rings. The van der Waals surface area contributed by atoms with Gasteiger partial charge in [0, 0.05) is 22.2 Å². The number of nitrogens with zero attached hydrogens (tertiary/aromatic N) is 1. The summed E-state index contributed by atoms with van der Waals surface area (Å²) in [5.74, 6) is 0. The summed E-state index contributed by atoms with van der Waals surface area (Å²) in [5.41, 5.74) is 11.3. The summed E-state index contributed by atoms with van der Waals surface area (Å²) >= 11 is 0. The second-order valence-corrected chi connectivity index (χ2v) is 10.7. The van der Waals surface area contributed by atoms with E-state index in [0.29, 0.717) is 0 Å². The van der Waals surface area contributed by atoms with Gasteiger partial charge in [0.2, 0.25) is 0 Å². The van der Waals surface area contributed by atoms with Crippen molar-refractivity contribution in [3.63, 3.8) is 0 Å². The van der Waals surface area contributed by atoms with Gasteiger partial charge in [0.15, 0.2) is 0 Å². The number of anilines is 3. The molecule has 40 heavy (non-hydrogen) atoms. The Morgan fingerprint density at radius 2 is 0.925 bits per heavy atom. The lowest BCUT2D eigenvalue weighted by molar-refractivity contribution is 0.666. The van der Waals surface area contributed by atoms with E-state index < -0.39 is 0 Å². The third kappa shape index (κ3) is 3.17. The molecule has 0 atom stereocenters. The van der Waals surface area contributed by atoms with Crippen LogP contribution in [-0.4, -0.2) is 0 Å². The normalized spacial score (nSPS) is 13.3. The zero-order valence-corrected chi connectivity index (χ0v) is 22.2. The molecule has 0 unspecified atom stereocenters. The molecular formula is C38H27NO. The molecule has 0 amide bonds. The van der Waals surface area contributed by atoms with Crippen molar-refractivity contribution in [2.24, 2.45) is 0 Å². The number of furan rings is 1. The fraction of sp³-hybridized carbons (Fsp3) is 0.0526. The zero-order valence-electron chi connectivity index (χ0n) is 22.2. The Bertz CT molecular complexity index is 1940. The molecule has 0 radical (unpaired) electrons. The van der Waals surface area contributed by atoms with E-state index >= 15 is 0 Å². The minimum absolute atomic E-state index is 0.332. The summed E-state index contributed by atoms with van der Waals surface area (Å²) < 4.78 is 6.61. The molecule has 0 saturated carbocycles. The Kier molecular flexibility index (Phi) is 4.99. The molecule has 190 valence electrons. The number of hydrogen-bond acceptors (Lipinski definition) is 2. The quantitative estimate of drug-likeness (QED) is 0.233. The van der Waals surface area contributed by atoms with Crippen LogP contribution in [0.25, 0.3) is 33.1 Å². The molecule has 0 fully saturated rings. The van der Waals surface area contributed by atoms with E-state index in [1.54, 1.807) is 0 Å². The van der Waals surface area contributed by atoms with E-state index in [9.17, 15) is 0 Å². The fourth-order valence-electron chi connectivity index (χ4n) is 6.78. The van der Waals surface area contributed by atoms with Crippen LogP contribution in [0.3, 0.4) is 0 Å². The molecule has 0 aliphatic heterocycles. The molecule has 6 aromatic carbocycles. The minimum atomic E-state index is -0.332. The molecule has 0 bridgehead atoms. The molecule has 0 N–H and O–H groups in total. The maximum absolute atomic E-state index is 6.61. The molecule has 8 rings (SSSR count). The average molecular weight is 514 g/mol. The summed E-state index contributed by atoms with van der Waals surface area (Å²) in [5, 5.41) is 2.29. The van der Waals surface area contributed by atoms with Gasteiger partial charge < -0.3 is 9.32 Å². The Balaban J connectivity index is 1.48. The van der Waals surface area contributed by atoms with Crippen molar-refractivity contribution in [3.05, 3.63) is 162 Å². The van der Waals surface area contributed by atoms with Gasteiger partial charge in [-0.25, -0.2) is 0 Å². The summed E-state index contributed by atoms with van der Waals surface area (Å²) in [6.45, 7) is 2.38. The summed E-state index contributed by atoms with van der Waals surface area (Å²) in [7, 11) is 0. The van der Waals surface area contributed by atoms with E-state index in [4.69, 9.17) is 4.42 Å². The number of benzene rings is 6. The van der Waals surface area contributed by atoms with Gasteiger partial charge in [0.1, 0.15) is 11.2 Å². The highest BCUT2D eigenvalue weighted by atomic mass is 16.3. The van der Waals surface area contributed by atoms with Crippen LogP contribution in [0.1, 0.15) is 23.6 Å². The van der Waals surface area contributed by atoms with Gasteiger partial charge in [-0.1, -0.05) is 103 Å². The second-order valence-electron chi connectivity index (χ2n) is 10.7. The lowest BCUT2D eigenvalue weighted by Crippen LogP contribution is -2.22. The molecule has 2 nitrogen and oxygen atoms in total. The first-order valence-corrected chi connectivity index (χ1v) is 13.8. The number of fused-ring (bicyclic) bond motifs is 6. The molecular weight excluding hydrogens is 486 g/mol. The molecule has 0 spiro atoms. The summed E-state index contributed by atoms with van der Waals surface area (Å²) in [6, 6.07) is 51.8. The topological polar surface area (TPSA) is 16.4 Å². The van der Waals surface area contributed by atoms with Crippen molar-refractivity contribution < 1.29 is 4.42 Å². The van der Waals surface area contributed by atoms with E-state index in [1.807, 2.05) is 0 Å². The van der Waals surface area contributed by atoms with Crippen molar-refractivity contribution in [3.8, 4) is 11.1 Å². The largest absolute Gasteiger partial charge is 0.456 e. The lowest BCUT2D eigenvalue weighted by atomic mass is 9.73. The van der Waals surface area contributed by atoms with Crippen LogP contribution in [0.5, 0.6) is 0 Å². The summed E-state index contributed by atoms with van der Waals surface area (Å²) in [4.78, 5) is 2.34. The highest BCUT2D eigenvalue weighted by Crippen LogP contribution is 2.55. The predicted octanol–water partition coefficient (Wildman–Crippen LogP) is 10.4.